The van der Waals surface area contributed by atoms with E-state index in [0.29, 0.717) is 19.3 Å². The number of carbonyl (C=O) groups excluding carboxylic acids is 3. The minimum Gasteiger partial charge on any atom is -0.462 e. The molecule has 0 aromatic heterocycles. The largest absolute Gasteiger partial charge is 0.462 e. The molecule has 0 heterocycles. The van der Waals surface area contributed by atoms with Gasteiger partial charge in [0.1, 0.15) is 13.2 Å². The quantitative estimate of drug-likeness (QED) is 0.0352. The first kappa shape index (κ1) is 51.4. The summed E-state index contributed by atoms with van der Waals surface area (Å²) in [4.78, 5) is 37.6. The number of hydrogen-bond acceptors (Lipinski definition) is 6. The van der Waals surface area contributed by atoms with Crippen LogP contribution in [0.5, 0.6) is 0 Å². The van der Waals surface area contributed by atoms with Crippen molar-refractivity contribution in [1.29, 1.82) is 0 Å². The summed E-state index contributed by atoms with van der Waals surface area (Å²) in [5, 5.41) is 0. The van der Waals surface area contributed by atoms with Gasteiger partial charge in [0.25, 0.3) is 0 Å². The van der Waals surface area contributed by atoms with E-state index in [4.69, 9.17) is 14.2 Å². The Kier molecular flexibility index (Phi) is 38.9. The first-order valence-electron chi connectivity index (χ1n) is 23.3. The van der Waals surface area contributed by atoms with Crippen LogP contribution in [-0.4, -0.2) is 37.2 Å². The highest BCUT2D eigenvalue weighted by Gasteiger charge is 2.19. The fraction of sp³-hybridized carbons (Fsp3) is 0.936. The van der Waals surface area contributed by atoms with E-state index in [1.807, 2.05) is 0 Å². The summed E-state index contributed by atoms with van der Waals surface area (Å²) in [5.74, 6) is 0.812. The third-order valence-electron chi connectivity index (χ3n) is 10.8. The minimum absolute atomic E-state index is 0.0656. The van der Waals surface area contributed by atoms with Gasteiger partial charge < -0.3 is 14.2 Å². The topological polar surface area (TPSA) is 78.9 Å². The van der Waals surface area contributed by atoms with Crippen molar-refractivity contribution in [2.24, 2.45) is 11.8 Å². The number of rotatable bonds is 41. The van der Waals surface area contributed by atoms with Gasteiger partial charge in [0.05, 0.1) is 0 Å². The Balaban J connectivity index is 4.17. The third-order valence-corrected chi connectivity index (χ3v) is 10.8. The first-order chi connectivity index (χ1) is 25.8. The number of esters is 3. The van der Waals surface area contributed by atoms with Crippen LogP contribution < -0.4 is 0 Å². The summed E-state index contributed by atoms with van der Waals surface area (Å²) in [5.41, 5.74) is 0. The van der Waals surface area contributed by atoms with Crippen LogP contribution in [0.4, 0.5) is 0 Å². The van der Waals surface area contributed by atoms with Crippen molar-refractivity contribution < 1.29 is 28.6 Å². The van der Waals surface area contributed by atoms with Crippen LogP contribution in [0.15, 0.2) is 0 Å². The summed E-state index contributed by atoms with van der Waals surface area (Å²) in [6, 6.07) is 0. The van der Waals surface area contributed by atoms with Crippen molar-refractivity contribution in [3.05, 3.63) is 0 Å². The van der Waals surface area contributed by atoms with E-state index in [2.05, 4.69) is 34.6 Å². The molecule has 0 spiro atoms. The Morgan fingerprint density at radius 3 is 1.08 bits per heavy atom. The van der Waals surface area contributed by atoms with Gasteiger partial charge >= 0.3 is 17.9 Å². The Hall–Kier alpha value is -1.59. The number of carbonyl (C=O) groups is 3. The zero-order chi connectivity index (χ0) is 39.0. The maximum atomic E-state index is 12.6. The molecule has 53 heavy (non-hydrogen) atoms. The molecule has 0 saturated heterocycles. The van der Waals surface area contributed by atoms with Gasteiger partial charge in [-0.15, -0.1) is 0 Å². The Bertz CT molecular complexity index is 811. The lowest BCUT2D eigenvalue weighted by Gasteiger charge is -2.18. The standard InChI is InChI=1S/C47H90O6/c1-6-8-9-10-20-29-34-39-47(50)53-44(41-52-46(49)38-33-28-24-19-21-25-30-35-42(3)4)40-51-45(48)37-32-27-23-18-16-14-12-11-13-15-17-22-26-31-36-43(5)7-2/h42-44H,6-41H2,1-5H3/t43?,44-/m0/s1. The monoisotopic (exact) mass is 751 g/mol. The lowest BCUT2D eigenvalue weighted by molar-refractivity contribution is -0.167. The number of ether oxygens (including phenoxy) is 3. The molecular formula is C47H90O6. The van der Waals surface area contributed by atoms with E-state index in [1.165, 1.54) is 141 Å². The van der Waals surface area contributed by atoms with E-state index >= 15 is 0 Å². The fourth-order valence-corrected chi connectivity index (χ4v) is 6.90. The Morgan fingerprint density at radius 1 is 0.396 bits per heavy atom. The molecule has 6 nitrogen and oxygen atoms in total. The summed E-state index contributed by atoms with van der Waals surface area (Å²) >= 11 is 0. The first-order valence-corrected chi connectivity index (χ1v) is 23.3. The van der Waals surface area contributed by atoms with Crippen molar-refractivity contribution in [2.45, 2.75) is 259 Å². The minimum atomic E-state index is -0.759. The highest BCUT2D eigenvalue weighted by atomic mass is 16.6. The molecule has 0 saturated carbocycles. The van der Waals surface area contributed by atoms with Gasteiger partial charge in [0.2, 0.25) is 0 Å². The van der Waals surface area contributed by atoms with Crippen molar-refractivity contribution in [2.75, 3.05) is 13.2 Å². The van der Waals surface area contributed by atoms with Gasteiger partial charge in [-0.2, -0.15) is 0 Å². The van der Waals surface area contributed by atoms with Crippen molar-refractivity contribution >= 4 is 17.9 Å². The summed E-state index contributed by atoms with van der Waals surface area (Å²) < 4.78 is 16.7. The molecule has 0 aliphatic heterocycles. The van der Waals surface area contributed by atoms with E-state index in [9.17, 15) is 14.4 Å². The molecule has 0 amide bonds. The normalized spacial score (nSPS) is 12.6. The van der Waals surface area contributed by atoms with Gasteiger partial charge in [0, 0.05) is 19.3 Å². The van der Waals surface area contributed by atoms with Crippen molar-refractivity contribution in [3.8, 4) is 0 Å². The zero-order valence-electron chi connectivity index (χ0n) is 36.1. The molecule has 314 valence electrons. The summed E-state index contributed by atoms with van der Waals surface area (Å²) in [6.45, 7) is 11.3. The molecular weight excluding hydrogens is 661 g/mol. The number of unbranched alkanes of at least 4 members (excludes halogenated alkanes) is 25. The molecule has 1 unspecified atom stereocenters. The SMILES string of the molecule is CCCCCCCCCC(=O)O[C@@H](COC(=O)CCCCCCCCCCCCCCCCC(C)CC)COC(=O)CCCCCCCCCC(C)C. The smallest absolute Gasteiger partial charge is 0.306 e. The van der Waals surface area contributed by atoms with Crippen molar-refractivity contribution in [1.82, 2.24) is 0 Å². The second-order valence-electron chi connectivity index (χ2n) is 16.8. The van der Waals surface area contributed by atoms with Crippen LogP contribution in [0.1, 0.15) is 253 Å². The number of hydrogen-bond donors (Lipinski definition) is 0. The van der Waals surface area contributed by atoms with E-state index in [-0.39, 0.29) is 31.1 Å². The van der Waals surface area contributed by atoms with E-state index in [1.54, 1.807) is 0 Å². The zero-order valence-corrected chi connectivity index (χ0v) is 36.1. The predicted octanol–water partition coefficient (Wildman–Crippen LogP) is 14.6. The van der Waals surface area contributed by atoms with E-state index < -0.39 is 6.10 Å². The van der Waals surface area contributed by atoms with Crippen LogP contribution in [0, 0.1) is 11.8 Å². The van der Waals surface area contributed by atoms with Gasteiger partial charge in [-0.1, -0.05) is 214 Å². The molecule has 0 bridgehead atoms. The molecule has 0 aromatic carbocycles. The lowest BCUT2D eigenvalue weighted by Crippen LogP contribution is -2.30. The molecule has 0 aliphatic rings. The highest BCUT2D eigenvalue weighted by Crippen LogP contribution is 2.17. The van der Waals surface area contributed by atoms with Gasteiger partial charge in [-0.05, 0) is 31.1 Å². The average molecular weight is 751 g/mol. The molecule has 0 radical (unpaired) electrons. The maximum Gasteiger partial charge on any atom is 0.306 e. The molecule has 0 rings (SSSR count). The predicted molar refractivity (Wildman–Crippen MR) is 224 cm³/mol. The van der Waals surface area contributed by atoms with Gasteiger partial charge in [-0.3, -0.25) is 14.4 Å². The second-order valence-corrected chi connectivity index (χ2v) is 16.8. The van der Waals surface area contributed by atoms with E-state index in [0.717, 1.165) is 69.6 Å². The van der Waals surface area contributed by atoms with Crippen LogP contribution in [0.25, 0.3) is 0 Å². The maximum absolute atomic E-state index is 12.6. The lowest BCUT2D eigenvalue weighted by atomic mass is 9.99. The van der Waals surface area contributed by atoms with Gasteiger partial charge in [0.15, 0.2) is 6.10 Å². The molecule has 6 heteroatoms. The van der Waals surface area contributed by atoms with Crippen LogP contribution >= 0.6 is 0 Å². The molecule has 0 fully saturated rings. The fourth-order valence-electron chi connectivity index (χ4n) is 6.90. The summed E-state index contributed by atoms with van der Waals surface area (Å²) in [7, 11) is 0. The molecule has 0 aliphatic carbocycles. The molecule has 2 atom stereocenters. The molecule has 0 aromatic rings. The van der Waals surface area contributed by atoms with Crippen LogP contribution in [0.3, 0.4) is 0 Å². The Labute approximate surface area is 329 Å². The van der Waals surface area contributed by atoms with Crippen molar-refractivity contribution in [3.63, 3.8) is 0 Å². The molecule has 0 N–H and O–H groups in total. The second kappa shape index (κ2) is 40.1. The average Bonchev–Trinajstić information content (AvgIpc) is 3.14. The third kappa shape index (κ3) is 39.9. The Morgan fingerprint density at radius 2 is 0.717 bits per heavy atom. The van der Waals surface area contributed by atoms with Gasteiger partial charge in [-0.25, -0.2) is 0 Å². The van der Waals surface area contributed by atoms with Crippen LogP contribution in [0.2, 0.25) is 0 Å². The van der Waals surface area contributed by atoms with Crippen LogP contribution in [-0.2, 0) is 28.6 Å². The highest BCUT2D eigenvalue weighted by molar-refractivity contribution is 5.71. The summed E-state index contributed by atoms with van der Waals surface area (Å²) in [6.07, 6.45) is 38.2.